The van der Waals surface area contributed by atoms with Gasteiger partial charge in [0.2, 0.25) is 0 Å². The third kappa shape index (κ3) is 5.95. The molecule has 1 aliphatic rings. The molecule has 1 fully saturated rings. The molecule has 1 aromatic carbocycles. The Morgan fingerprint density at radius 1 is 1.28 bits per heavy atom. The first kappa shape index (κ1) is 21.3. The molecule has 1 saturated heterocycles. The molecule has 0 bridgehead atoms. The number of carbonyl (C=O) groups is 1. The quantitative estimate of drug-likeness (QED) is 0.415. The van der Waals surface area contributed by atoms with Crippen molar-refractivity contribution in [1.82, 2.24) is 10.6 Å². The summed E-state index contributed by atoms with van der Waals surface area (Å²) in [6, 6.07) is 6.62. The first-order valence-electron chi connectivity index (χ1n) is 8.35. The highest BCUT2D eigenvalue weighted by atomic mass is 35.5. The third-order valence-electron chi connectivity index (χ3n) is 4.54. The maximum atomic E-state index is 12.4. The number of amides is 1. The number of piperidine rings is 1. The zero-order chi connectivity index (χ0) is 17.4. The van der Waals surface area contributed by atoms with E-state index in [9.17, 15) is 14.9 Å². The number of rotatable bonds is 8. The van der Waals surface area contributed by atoms with Gasteiger partial charge in [-0.25, -0.2) is 0 Å². The zero-order valence-corrected chi connectivity index (χ0v) is 15.3. The van der Waals surface area contributed by atoms with Crippen LogP contribution < -0.4 is 10.6 Å². The van der Waals surface area contributed by atoms with Gasteiger partial charge in [-0.1, -0.05) is 12.1 Å². The SMILES string of the molecule is COC1(C(=O)NCCCCc2ccc([N+](=O)[O-])cc2)CCNCC1.Cl. The van der Waals surface area contributed by atoms with Gasteiger partial charge in [0.05, 0.1) is 4.92 Å². The molecule has 0 spiro atoms. The van der Waals surface area contributed by atoms with Crippen molar-refractivity contribution in [3.8, 4) is 0 Å². The Bertz CT molecular complexity index is 560. The third-order valence-corrected chi connectivity index (χ3v) is 4.54. The number of hydrogen-bond donors (Lipinski definition) is 2. The average molecular weight is 372 g/mol. The Hall–Kier alpha value is -1.70. The van der Waals surface area contributed by atoms with E-state index < -0.39 is 10.5 Å². The number of hydrogen-bond acceptors (Lipinski definition) is 5. The fraction of sp³-hybridized carbons (Fsp3) is 0.588. The molecular weight excluding hydrogens is 346 g/mol. The summed E-state index contributed by atoms with van der Waals surface area (Å²) in [6.45, 7) is 2.20. The number of nitrogens with one attached hydrogen (secondary N) is 2. The van der Waals surface area contributed by atoms with Crippen molar-refractivity contribution in [3.63, 3.8) is 0 Å². The number of aryl methyl sites for hydroxylation is 1. The second kappa shape index (κ2) is 10.3. The van der Waals surface area contributed by atoms with Crippen LogP contribution in [-0.2, 0) is 16.0 Å². The molecule has 25 heavy (non-hydrogen) atoms. The summed E-state index contributed by atoms with van der Waals surface area (Å²) < 4.78 is 5.49. The van der Waals surface area contributed by atoms with Gasteiger partial charge in [-0.05, 0) is 50.8 Å². The highest BCUT2D eigenvalue weighted by Gasteiger charge is 2.39. The second-order valence-electron chi connectivity index (χ2n) is 6.08. The molecule has 1 aliphatic heterocycles. The highest BCUT2D eigenvalue weighted by Crippen LogP contribution is 2.22. The lowest BCUT2D eigenvalue weighted by Gasteiger charge is -2.34. The van der Waals surface area contributed by atoms with Crippen LogP contribution in [0.4, 0.5) is 5.69 Å². The van der Waals surface area contributed by atoms with Crippen LogP contribution in [0.5, 0.6) is 0 Å². The molecule has 0 saturated carbocycles. The minimum atomic E-state index is -0.691. The van der Waals surface area contributed by atoms with Gasteiger partial charge < -0.3 is 15.4 Å². The Balaban J connectivity index is 0.00000312. The van der Waals surface area contributed by atoms with E-state index in [1.165, 1.54) is 12.1 Å². The lowest BCUT2D eigenvalue weighted by molar-refractivity contribution is -0.384. The van der Waals surface area contributed by atoms with Crippen molar-refractivity contribution in [3.05, 3.63) is 39.9 Å². The summed E-state index contributed by atoms with van der Waals surface area (Å²) in [7, 11) is 1.60. The highest BCUT2D eigenvalue weighted by molar-refractivity contribution is 5.85. The van der Waals surface area contributed by atoms with Crippen LogP contribution >= 0.6 is 12.4 Å². The van der Waals surface area contributed by atoms with E-state index in [4.69, 9.17) is 4.74 Å². The zero-order valence-electron chi connectivity index (χ0n) is 14.5. The number of ether oxygens (including phenoxy) is 1. The van der Waals surface area contributed by atoms with Crippen molar-refractivity contribution < 1.29 is 14.5 Å². The number of nitrogens with zero attached hydrogens (tertiary/aromatic N) is 1. The molecule has 1 amide bonds. The summed E-state index contributed by atoms with van der Waals surface area (Å²) in [5.74, 6) is -0.0261. The maximum absolute atomic E-state index is 12.4. The Morgan fingerprint density at radius 3 is 2.48 bits per heavy atom. The van der Waals surface area contributed by atoms with Crippen LogP contribution in [0.15, 0.2) is 24.3 Å². The van der Waals surface area contributed by atoms with Crippen LogP contribution in [0.1, 0.15) is 31.2 Å². The summed E-state index contributed by atoms with van der Waals surface area (Å²) in [4.78, 5) is 22.6. The van der Waals surface area contributed by atoms with E-state index in [1.807, 2.05) is 0 Å². The number of non-ortho nitro benzene ring substituents is 1. The van der Waals surface area contributed by atoms with Crippen LogP contribution in [0.2, 0.25) is 0 Å². The normalized spacial score (nSPS) is 15.9. The van der Waals surface area contributed by atoms with Crippen LogP contribution in [0, 0.1) is 10.1 Å². The minimum Gasteiger partial charge on any atom is -0.368 e. The van der Waals surface area contributed by atoms with E-state index in [1.54, 1.807) is 19.2 Å². The van der Waals surface area contributed by atoms with Gasteiger partial charge in [0.1, 0.15) is 5.60 Å². The Kier molecular flexibility index (Phi) is 8.82. The van der Waals surface area contributed by atoms with E-state index in [0.717, 1.165) is 37.9 Å². The molecule has 0 atom stereocenters. The number of carbonyl (C=O) groups excluding carboxylic acids is 1. The summed E-state index contributed by atoms with van der Waals surface area (Å²) >= 11 is 0. The first-order valence-corrected chi connectivity index (χ1v) is 8.35. The largest absolute Gasteiger partial charge is 0.368 e. The fourth-order valence-corrected chi connectivity index (χ4v) is 2.96. The number of benzene rings is 1. The number of methoxy groups -OCH3 is 1. The smallest absolute Gasteiger partial charge is 0.269 e. The van der Waals surface area contributed by atoms with Crippen molar-refractivity contribution >= 4 is 24.0 Å². The van der Waals surface area contributed by atoms with E-state index >= 15 is 0 Å². The molecule has 1 aromatic rings. The topological polar surface area (TPSA) is 93.5 Å². The number of halogens is 1. The minimum absolute atomic E-state index is 0. The van der Waals surface area contributed by atoms with Gasteiger partial charge >= 0.3 is 0 Å². The second-order valence-corrected chi connectivity index (χ2v) is 6.08. The van der Waals surface area contributed by atoms with Gasteiger partial charge in [0, 0.05) is 25.8 Å². The Morgan fingerprint density at radius 2 is 1.92 bits per heavy atom. The van der Waals surface area contributed by atoms with E-state index in [-0.39, 0.29) is 24.0 Å². The predicted octanol–water partition coefficient (Wildman–Crippen LogP) is 2.22. The van der Waals surface area contributed by atoms with Crippen LogP contribution in [0.3, 0.4) is 0 Å². The van der Waals surface area contributed by atoms with E-state index in [2.05, 4.69) is 10.6 Å². The standard InChI is InChI=1S/C17H25N3O4.ClH/c1-24-17(9-12-18-13-10-17)16(21)19-11-3-2-4-14-5-7-15(8-6-14)20(22)23;/h5-8,18H,2-4,9-13H2,1H3,(H,19,21);1H. The summed E-state index contributed by atoms with van der Waals surface area (Å²) in [5.41, 5.74) is 0.486. The molecule has 0 radical (unpaired) electrons. The molecule has 0 aromatic heterocycles. The van der Waals surface area contributed by atoms with Crippen molar-refractivity contribution in [2.45, 2.75) is 37.7 Å². The maximum Gasteiger partial charge on any atom is 0.269 e. The monoisotopic (exact) mass is 371 g/mol. The van der Waals surface area contributed by atoms with Gasteiger partial charge in [0.25, 0.3) is 11.6 Å². The summed E-state index contributed by atoms with van der Waals surface area (Å²) in [5, 5.41) is 16.8. The molecule has 140 valence electrons. The van der Waals surface area contributed by atoms with E-state index in [0.29, 0.717) is 19.4 Å². The van der Waals surface area contributed by atoms with Crippen LogP contribution in [-0.4, -0.2) is 43.2 Å². The van der Waals surface area contributed by atoms with Crippen molar-refractivity contribution in [1.29, 1.82) is 0 Å². The van der Waals surface area contributed by atoms with Crippen LogP contribution in [0.25, 0.3) is 0 Å². The summed E-state index contributed by atoms with van der Waals surface area (Å²) in [6.07, 6.45) is 4.00. The first-order chi connectivity index (χ1) is 11.6. The molecular formula is C17H26ClN3O4. The number of unbranched alkanes of at least 4 members (excludes halogenated alkanes) is 1. The lowest BCUT2D eigenvalue weighted by Crippen LogP contribution is -2.54. The molecule has 0 aliphatic carbocycles. The van der Waals surface area contributed by atoms with Gasteiger partial charge in [-0.3, -0.25) is 14.9 Å². The average Bonchev–Trinajstić information content (AvgIpc) is 2.62. The van der Waals surface area contributed by atoms with Gasteiger partial charge in [0.15, 0.2) is 0 Å². The lowest BCUT2D eigenvalue weighted by atomic mass is 9.91. The number of nitro groups is 1. The number of nitro benzene ring substituents is 1. The molecule has 7 nitrogen and oxygen atoms in total. The molecule has 8 heteroatoms. The molecule has 0 unspecified atom stereocenters. The van der Waals surface area contributed by atoms with Crippen molar-refractivity contribution in [2.75, 3.05) is 26.7 Å². The molecule has 2 rings (SSSR count). The predicted molar refractivity (Wildman–Crippen MR) is 98.1 cm³/mol. The van der Waals surface area contributed by atoms with Crippen molar-refractivity contribution in [2.24, 2.45) is 0 Å². The Labute approximate surface area is 154 Å². The van der Waals surface area contributed by atoms with Gasteiger partial charge in [-0.15, -0.1) is 12.4 Å². The van der Waals surface area contributed by atoms with Gasteiger partial charge in [-0.2, -0.15) is 0 Å². The molecule has 2 N–H and O–H groups in total. The molecule has 1 heterocycles. The fourth-order valence-electron chi connectivity index (χ4n) is 2.96.